The first-order valence-corrected chi connectivity index (χ1v) is 7.76. The lowest BCUT2D eigenvalue weighted by Crippen LogP contribution is -2.34. The molecular weight excluding hydrogens is 322 g/mol. The molecule has 0 saturated heterocycles. The van der Waals surface area contributed by atoms with Crippen molar-refractivity contribution in [3.05, 3.63) is 29.8 Å². The van der Waals surface area contributed by atoms with Crippen LogP contribution in [0.1, 0.15) is 24.3 Å². The number of carbonyl (C=O) groups excluding carboxylic acids is 1. The zero-order valence-electron chi connectivity index (χ0n) is 11.6. The molecular formula is C15H20BrNO3. The topological polar surface area (TPSA) is 47.6 Å². The van der Waals surface area contributed by atoms with Crippen molar-refractivity contribution in [3.63, 3.8) is 0 Å². The third-order valence-electron chi connectivity index (χ3n) is 3.38. The maximum Gasteiger partial charge on any atom is 0.227 e. The molecule has 0 bridgehead atoms. The molecule has 1 aromatic carbocycles. The molecule has 20 heavy (non-hydrogen) atoms. The fourth-order valence-electron chi connectivity index (χ4n) is 2.35. The van der Waals surface area contributed by atoms with Crippen molar-refractivity contribution in [2.75, 3.05) is 26.9 Å². The number of hydrogen-bond acceptors (Lipinski definition) is 3. The normalized spacial score (nSPS) is 18.8. The van der Waals surface area contributed by atoms with Crippen LogP contribution in [0.2, 0.25) is 0 Å². The molecule has 0 spiro atoms. The number of fused-ring (bicyclic) bond motifs is 1. The lowest BCUT2D eigenvalue weighted by atomic mass is 9.92. The molecule has 110 valence electrons. The number of rotatable bonds is 6. The highest BCUT2D eigenvalue weighted by molar-refractivity contribution is 9.09. The molecule has 1 aliphatic rings. The summed E-state index contributed by atoms with van der Waals surface area (Å²) in [6, 6.07) is 7.76. The SMILES string of the molecule is COCC(Br)CCNC(=O)C1CCOc2ccccc21. The van der Waals surface area contributed by atoms with E-state index in [1.54, 1.807) is 7.11 Å². The zero-order valence-corrected chi connectivity index (χ0v) is 13.2. The van der Waals surface area contributed by atoms with Crippen LogP contribution in [0.5, 0.6) is 5.75 Å². The lowest BCUT2D eigenvalue weighted by Gasteiger charge is -2.25. The second-order valence-corrected chi connectivity index (χ2v) is 6.15. The highest BCUT2D eigenvalue weighted by Crippen LogP contribution is 2.33. The van der Waals surface area contributed by atoms with Gasteiger partial charge in [0, 0.05) is 24.0 Å². The summed E-state index contributed by atoms with van der Waals surface area (Å²) in [7, 11) is 1.67. The molecule has 2 unspecified atom stereocenters. The van der Waals surface area contributed by atoms with Gasteiger partial charge in [0.15, 0.2) is 0 Å². The number of methoxy groups -OCH3 is 1. The third kappa shape index (κ3) is 3.96. The molecule has 2 rings (SSSR count). The molecule has 2 atom stereocenters. The van der Waals surface area contributed by atoms with E-state index in [0.717, 1.165) is 24.2 Å². The van der Waals surface area contributed by atoms with E-state index in [2.05, 4.69) is 21.2 Å². The fraction of sp³-hybridized carbons (Fsp3) is 0.533. The third-order valence-corrected chi connectivity index (χ3v) is 4.10. The quantitative estimate of drug-likeness (QED) is 0.808. The highest BCUT2D eigenvalue weighted by Gasteiger charge is 2.27. The van der Waals surface area contributed by atoms with Gasteiger partial charge in [-0.3, -0.25) is 4.79 Å². The summed E-state index contributed by atoms with van der Waals surface area (Å²) in [6.07, 6.45) is 1.59. The van der Waals surface area contributed by atoms with E-state index in [-0.39, 0.29) is 16.7 Å². The van der Waals surface area contributed by atoms with Crippen LogP contribution in [0.15, 0.2) is 24.3 Å². The molecule has 4 nitrogen and oxygen atoms in total. The summed E-state index contributed by atoms with van der Waals surface area (Å²) in [5.74, 6) is 0.811. The summed E-state index contributed by atoms with van der Waals surface area (Å²) in [5, 5.41) is 3.00. The standard InChI is InChI=1S/C15H20BrNO3/c1-19-10-11(16)6-8-17-15(18)13-7-9-20-14-5-3-2-4-12(13)14/h2-5,11,13H,6-10H2,1H3,(H,17,18). The predicted molar refractivity (Wildman–Crippen MR) is 81.5 cm³/mol. The molecule has 1 heterocycles. The van der Waals surface area contributed by atoms with Crippen molar-refractivity contribution in [3.8, 4) is 5.75 Å². The Morgan fingerprint density at radius 1 is 1.55 bits per heavy atom. The molecule has 1 aliphatic heterocycles. The number of hydrogen-bond donors (Lipinski definition) is 1. The zero-order chi connectivity index (χ0) is 14.4. The van der Waals surface area contributed by atoms with E-state index in [9.17, 15) is 4.79 Å². The monoisotopic (exact) mass is 341 g/mol. The molecule has 1 amide bonds. The second kappa shape index (κ2) is 7.64. The van der Waals surface area contributed by atoms with Gasteiger partial charge in [0.25, 0.3) is 0 Å². The average Bonchev–Trinajstić information content (AvgIpc) is 2.47. The van der Waals surface area contributed by atoms with Gasteiger partial charge in [-0.2, -0.15) is 0 Å². The Kier molecular flexibility index (Phi) is 5.86. The van der Waals surface area contributed by atoms with Gasteiger partial charge in [-0.15, -0.1) is 0 Å². The number of benzene rings is 1. The molecule has 5 heteroatoms. The molecule has 0 fully saturated rings. The Morgan fingerprint density at radius 2 is 2.35 bits per heavy atom. The number of alkyl halides is 1. The number of halogens is 1. The van der Waals surface area contributed by atoms with Crippen LogP contribution in [0.3, 0.4) is 0 Å². The van der Waals surface area contributed by atoms with Gasteiger partial charge in [-0.1, -0.05) is 34.1 Å². The Labute approximate surface area is 128 Å². The van der Waals surface area contributed by atoms with Gasteiger partial charge in [0.05, 0.1) is 19.1 Å². The van der Waals surface area contributed by atoms with E-state index in [4.69, 9.17) is 9.47 Å². The number of ether oxygens (including phenoxy) is 2. The van der Waals surface area contributed by atoms with Crippen molar-refractivity contribution in [1.29, 1.82) is 0 Å². The van der Waals surface area contributed by atoms with Crippen molar-refractivity contribution in [1.82, 2.24) is 5.32 Å². The highest BCUT2D eigenvalue weighted by atomic mass is 79.9. The Bertz CT molecular complexity index is 452. The number of carbonyl (C=O) groups is 1. The van der Waals surface area contributed by atoms with Crippen molar-refractivity contribution in [2.24, 2.45) is 0 Å². The molecule has 0 aromatic heterocycles. The van der Waals surface area contributed by atoms with E-state index < -0.39 is 0 Å². The average molecular weight is 342 g/mol. The van der Waals surface area contributed by atoms with Gasteiger partial charge in [0.1, 0.15) is 5.75 Å². The molecule has 1 aromatic rings. The van der Waals surface area contributed by atoms with Crippen LogP contribution in [-0.2, 0) is 9.53 Å². The maximum absolute atomic E-state index is 12.3. The van der Waals surface area contributed by atoms with Crippen LogP contribution >= 0.6 is 15.9 Å². The molecule has 0 aliphatic carbocycles. The lowest BCUT2D eigenvalue weighted by molar-refractivity contribution is -0.123. The fourth-order valence-corrected chi connectivity index (χ4v) is 2.85. The Balaban J connectivity index is 1.87. The van der Waals surface area contributed by atoms with Gasteiger partial charge >= 0.3 is 0 Å². The van der Waals surface area contributed by atoms with Gasteiger partial charge in [-0.05, 0) is 18.9 Å². The van der Waals surface area contributed by atoms with Crippen LogP contribution in [0, 0.1) is 0 Å². The molecule has 1 N–H and O–H groups in total. The minimum atomic E-state index is -0.101. The van der Waals surface area contributed by atoms with E-state index in [1.165, 1.54) is 0 Å². The Morgan fingerprint density at radius 3 is 3.15 bits per heavy atom. The van der Waals surface area contributed by atoms with Crippen molar-refractivity contribution < 1.29 is 14.3 Å². The van der Waals surface area contributed by atoms with Crippen molar-refractivity contribution in [2.45, 2.75) is 23.6 Å². The minimum absolute atomic E-state index is 0.0814. The summed E-state index contributed by atoms with van der Waals surface area (Å²) in [5.41, 5.74) is 0.989. The van der Waals surface area contributed by atoms with E-state index in [0.29, 0.717) is 19.8 Å². The van der Waals surface area contributed by atoms with Crippen molar-refractivity contribution >= 4 is 21.8 Å². The smallest absolute Gasteiger partial charge is 0.227 e. The van der Waals surface area contributed by atoms with E-state index >= 15 is 0 Å². The number of nitrogens with one attached hydrogen (secondary N) is 1. The van der Waals surface area contributed by atoms with Crippen LogP contribution in [0.4, 0.5) is 0 Å². The maximum atomic E-state index is 12.3. The van der Waals surface area contributed by atoms with Crippen LogP contribution < -0.4 is 10.1 Å². The first kappa shape index (κ1) is 15.3. The Hall–Kier alpha value is -1.07. The van der Waals surface area contributed by atoms with Gasteiger partial charge in [-0.25, -0.2) is 0 Å². The summed E-state index contributed by atoms with van der Waals surface area (Å²) in [6.45, 7) is 1.90. The van der Waals surface area contributed by atoms with Gasteiger partial charge in [0.2, 0.25) is 5.91 Å². The molecule has 0 radical (unpaired) electrons. The minimum Gasteiger partial charge on any atom is -0.493 e. The van der Waals surface area contributed by atoms with E-state index in [1.807, 2.05) is 24.3 Å². The van der Waals surface area contributed by atoms with Crippen LogP contribution in [0.25, 0.3) is 0 Å². The summed E-state index contributed by atoms with van der Waals surface area (Å²) < 4.78 is 10.6. The first-order chi connectivity index (χ1) is 9.72. The first-order valence-electron chi connectivity index (χ1n) is 6.85. The number of amides is 1. The molecule has 0 saturated carbocycles. The van der Waals surface area contributed by atoms with Gasteiger partial charge < -0.3 is 14.8 Å². The van der Waals surface area contributed by atoms with Crippen LogP contribution in [-0.4, -0.2) is 37.6 Å². The summed E-state index contributed by atoms with van der Waals surface area (Å²) >= 11 is 3.51. The largest absolute Gasteiger partial charge is 0.493 e. The second-order valence-electron chi connectivity index (χ2n) is 4.86. The predicted octanol–water partition coefficient (Wildman–Crippen LogP) is 2.47. The number of para-hydroxylation sites is 1. The summed E-state index contributed by atoms with van der Waals surface area (Å²) in [4.78, 5) is 12.6.